The number of aromatic nitrogens is 2. The minimum absolute atomic E-state index is 0.117. The predicted octanol–water partition coefficient (Wildman–Crippen LogP) is 2.90. The van der Waals surface area contributed by atoms with Gasteiger partial charge in [-0.3, -0.25) is 14.8 Å². The van der Waals surface area contributed by atoms with Crippen LogP contribution in [0.2, 0.25) is 0 Å². The second kappa shape index (κ2) is 6.50. The Morgan fingerprint density at radius 2 is 2.32 bits per heavy atom. The van der Waals surface area contributed by atoms with Crippen LogP contribution < -0.4 is 5.32 Å². The number of hydrogen-bond acceptors (Lipinski definition) is 4. The summed E-state index contributed by atoms with van der Waals surface area (Å²) in [6.07, 6.45) is 4.62. The highest BCUT2D eigenvalue weighted by molar-refractivity contribution is 14.1. The van der Waals surface area contributed by atoms with Crippen molar-refractivity contribution >= 4 is 34.0 Å². The zero-order chi connectivity index (χ0) is 13.7. The molecule has 0 spiro atoms. The van der Waals surface area contributed by atoms with Crippen LogP contribution in [0.1, 0.15) is 6.42 Å². The van der Waals surface area contributed by atoms with Gasteiger partial charge in [0.05, 0.1) is 4.92 Å². The number of halogens is 1. The van der Waals surface area contributed by atoms with E-state index in [-0.39, 0.29) is 10.6 Å². The molecular weight excluding hydrogens is 359 g/mol. The Bertz CT molecular complexity index is 557. The molecule has 0 aliphatic carbocycles. The van der Waals surface area contributed by atoms with Crippen LogP contribution in [0.5, 0.6) is 0 Å². The number of benzene rings is 1. The second-order valence-electron chi connectivity index (χ2n) is 3.97. The SMILES string of the molecule is O=[N+]([O-])c1ccc(NCCCn2cccn2)c(I)c1. The third-order valence-corrected chi connectivity index (χ3v) is 3.49. The molecule has 19 heavy (non-hydrogen) atoms. The molecule has 6 nitrogen and oxygen atoms in total. The monoisotopic (exact) mass is 372 g/mol. The molecule has 2 rings (SSSR count). The maximum atomic E-state index is 10.6. The lowest BCUT2D eigenvalue weighted by Crippen LogP contribution is -2.08. The van der Waals surface area contributed by atoms with E-state index in [4.69, 9.17) is 0 Å². The molecule has 0 atom stereocenters. The molecule has 2 aromatic rings. The van der Waals surface area contributed by atoms with E-state index < -0.39 is 0 Å². The molecule has 0 amide bonds. The number of anilines is 1. The Morgan fingerprint density at radius 3 is 2.95 bits per heavy atom. The molecular formula is C12H13IN4O2. The molecule has 0 bridgehead atoms. The van der Waals surface area contributed by atoms with Crippen LogP contribution in [0, 0.1) is 13.7 Å². The Hall–Kier alpha value is -1.64. The lowest BCUT2D eigenvalue weighted by molar-refractivity contribution is -0.384. The standard InChI is InChI=1S/C12H13IN4O2/c13-11-9-10(17(18)19)3-4-12(11)14-5-1-7-16-8-2-6-15-16/h2-4,6,8-9,14H,1,5,7H2. The van der Waals surface area contributed by atoms with Gasteiger partial charge in [-0.2, -0.15) is 5.10 Å². The summed E-state index contributed by atoms with van der Waals surface area (Å²) in [4.78, 5) is 10.2. The van der Waals surface area contributed by atoms with Crippen LogP contribution in [0.25, 0.3) is 0 Å². The summed E-state index contributed by atoms with van der Waals surface area (Å²) >= 11 is 2.10. The zero-order valence-electron chi connectivity index (χ0n) is 10.1. The molecule has 0 radical (unpaired) electrons. The van der Waals surface area contributed by atoms with Gasteiger partial charge in [0.25, 0.3) is 5.69 Å². The van der Waals surface area contributed by atoms with Crippen molar-refractivity contribution in [1.82, 2.24) is 9.78 Å². The van der Waals surface area contributed by atoms with Crippen LogP contribution in [0.3, 0.4) is 0 Å². The molecule has 0 unspecified atom stereocenters. The largest absolute Gasteiger partial charge is 0.384 e. The maximum absolute atomic E-state index is 10.6. The van der Waals surface area contributed by atoms with Gasteiger partial charge < -0.3 is 5.32 Å². The lowest BCUT2D eigenvalue weighted by atomic mass is 10.3. The van der Waals surface area contributed by atoms with Gasteiger partial charge in [-0.15, -0.1) is 0 Å². The van der Waals surface area contributed by atoms with Crippen LogP contribution >= 0.6 is 22.6 Å². The smallest absolute Gasteiger partial charge is 0.270 e. The van der Waals surface area contributed by atoms with Crippen molar-refractivity contribution in [1.29, 1.82) is 0 Å². The summed E-state index contributed by atoms with van der Waals surface area (Å²) < 4.78 is 2.73. The van der Waals surface area contributed by atoms with Gasteiger partial charge in [0.15, 0.2) is 0 Å². The van der Waals surface area contributed by atoms with Crippen LogP contribution in [0.4, 0.5) is 11.4 Å². The van der Waals surface area contributed by atoms with Gasteiger partial charge in [-0.05, 0) is 41.1 Å². The van der Waals surface area contributed by atoms with Crippen molar-refractivity contribution in [2.45, 2.75) is 13.0 Å². The number of rotatable bonds is 6. The van der Waals surface area contributed by atoms with E-state index in [1.165, 1.54) is 6.07 Å². The van der Waals surface area contributed by atoms with Gasteiger partial charge in [0.1, 0.15) is 0 Å². The van der Waals surface area contributed by atoms with Gasteiger partial charge in [-0.1, -0.05) is 0 Å². The van der Waals surface area contributed by atoms with E-state index in [1.54, 1.807) is 18.3 Å². The third kappa shape index (κ3) is 3.91. The van der Waals surface area contributed by atoms with E-state index >= 15 is 0 Å². The first kappa shape index (κ1) is 13.8. The van der Waals surface area contributed by atoms with Crippen molar-refractivity contribution in [2.75, 3.05) is 11.9 Å². The van der Waals surface area contributed by atoms with E-state index in [9.17, 15) is 10.1 Å². The highest BCUT2D eigenvalue weighted by Crippen LogP contribution is 2.23. The molecule has 1 aromatic heterocycles. The summed E-state index contributed by atoms with van der Waals surface area (Å²) in [5.74, 6) is 0. The minimum atomic E-state index is -0.385. The average molecular weight is 372 g/mol. The number of non-ortho nitro benzene ring substituents is 1. The normalized spacial score (nSPS) is 10.4. The highest BCUT2D eigenvalue weighted by atomic mass is 127. The molecule has 0 aliphatic rings. The number of nitro groups is 1. The number of nitrogens with zero attached hydrogens (tertiary/aromatic N) is 3. The number of nitrogens with one attached hydrogen (secondary N) is 1. The van der Waals surface area contributed by atoms with Crippen LogP contribution in [-0.2, 0) is 6.54 Å². The number of aryl methyl sites for hydroxylation is 1. The zero-order valence-corrected chi connectivity index (χ0v) is 12.3. The van der Waals surface area contributed by atoms with Gasteiger partial charge in [-0.25, -0.2) is 0 Å². The molecule has 0 saturated carbocycles. The second-order valence-corrected chi connectivity index (χ2v) is 5.13. The summed E-state index contributed by atoms with van der Waals surface area (Å²) in [5.41, 5.74) is 1.04. The van der Waals surface area contributed by atoms with Gasteiger partial charge >= 0.3 is 0 Å². The molecule has 100 valence electrons. The van der Waals surface area contributed by atoms with E-state index in [0.717, 1.165) is 28.8 Å². The molecule has 0 saturated heterocycles. The van der Waals surface area contributed by atoms with Gasteiger partial charge in [0.2, 0.25) is 0 Å². The van der Waals surface area contributed by atoms with Crippen molar-refractivity contribution < 1.29 is 4.92 Å². The third-order valence-electron chi connectivity index (χ3n) is 2.60. The fourth-order valence-corrected chi connectivity index (χ4v) is 2.35. The first-order valence-corrected chi connectivity index (χ1v) is 6.90. The molecule has 1 N–H and O–H groups in total. The van der Waals surface area contributed by atoms with Crippen LogP contribution in [-0.4, -0.2) is 21.2 Å². The maximum Gasteiger partial charge on any atom is 0.270 e. The highest BCUT2D eigenvalue weighted by Gasteiger charge is 2.08. The summed E-state index contributed by atoms with van der Waals surface area (Å²) in [6.45, 7) is 1.65. The molecule has 0 fully saturated rings. The first-order valence-electron chi connectivity index (χ1n) is 5.82. The molecule has 0 aliphatic heterocycles. The number of hydrogen-bond donors (Lipinski definition) is 1. The van der Waals surface area contributed by atoms with E-state index in [1.807, 2.05) is 16.9 Å². The molecule has 7 heteroatoms. The Morgan fingerprint density at radius 1 is 1.47 bits per heavy atom. The first-order chi connectivity index (χ1) is 9.16. The topological polar surface area (TPSA) is 73.0 Å². The van der Waals surface area contributed by atoms with E-state index in [0.29, 0.717) is 0 Å². The van der Waals surface area contributed by atoms with Crippen molar-refractivity contribution in [2.24, 2.45) is 0 Å². The fraction of sp³-hybridized carbons (Fsp3) is 0.250. The number of nitro benzene ring substituents is 1. The van der Waals surface area contributed by atoms with E-state index in [2.05, 4.69) is 33.0 Å². The average Bonchev–Trinajstić information content (AvgIpc) is 2.89. The quantitative estimate of drug-likeness (QED) is 0.366. The van der Waals surface area contributed by atoms with Crippen molar-refractivity contribution in [3.05, 3.63) is 50.3 Å². The Labute approximate surface area is 124 Å². The summed E-state index contributed by atoms with van der Waals surface area (Å²) in [7, 11) is 0. The Balaban J connectivity index is 1.84. The summed E-state index contributed by atoms with van der Waals surface area (Å²) in [6, 6.07) is 6.72. The summed E-state index contributed by atoms with van der Waals surface area (Å²) in [5, 5.41) is 18.0. The molecule has 1 heterocycles. The fourth-order valence-electron chi connectivity index (χ4n) is 1.66. The van der Waals surface area contributed by atoms with Gasteiger partial charge in [0, 0.05) is 46.9 Å². The molecule has 1 aromatic carbocycles. The minimum Gasteiger partial charge on any atom is -0.384 e. The Kier molecular flexibility index (Phi) is 4.72. The lowest BCUT2D eigenvalue weighted by Gasteiger charge is -2.08. The predicted molar refractivity (Wildman–Crippen MR) is 81.1 cm³/mol. The van der Waals surface area contributed by atoms with Crippen molar-refractivity contribution in [3.8, 4) is 0 Å². The van der Waals surface area contributed by atoms with Crippen LogP contribution in [0.15, 0.2) is 36.7 Å². The van der Waals surface area contributed by atoms with Crippen molar-refractivity contribution in [3.63, 3.8) is 0 Å².